The molecule has 0 aliphatic carbocycles. The smallest absolute Gasteiger partial charge is 0.290 e. The van der Waals surface area contributed by atoms with Gasteiger partial charge in [0, 0.05) is 58.1 Å². The minimum atomic E-state index is -0.158. The number of rotatable bonds is 6. The third-order valence-corrected chi connectivity index (χ3v) is 3.46. The second-order valence-electron chi connectivity index (χ2n) is 4.91. The second kappa shape index (κ2) is 7.58. The molecule has 21 heavy (non-hydrogen) atoms. The van der Waals surface area contributed by atoms with E-state index in [2.05, 4.69) is 26.8 Å². The van der Waals surface area contributed by atoms with Crippen molar-refractivity contribution in [3.63, 3.8) is 0 Å². The van der Waals surface area contributed by atoms with Crippen molar-refractivity contribution in [2.24, 2.45) is 0 Å². The van der Waals surface area contributed by atoms with Crippen LogP contribution >= 0.6 is 0 Å². The Bertz CT molecular complexity index is 534. The van der Waals surface area contributed by atoms with Crippen molar-refractivity contribution in [1.82, 2.24) is 20.2 Å². The van der Waals surface area contributed by atoms with Crippen molar-refractivity contribution >= 4 is 11.7 Å². The number of hydrogen-bond donors (Lipinski definition) is 2. The number of amides is 1. The average Bonchev–Trinajstić information content (AvgIpc) is 2.52. The summed E-state index contributed by atoms with van der Waals surface area (Å²) in [6.45, 7) is 7.94. The summed E-state index contributed by atoms with van der Waals surface area (Å²) in [5, 5.41) is 2.76. The predicted octanol–water partition coefficient (Wildman–Crippen LogP) is -0.416. The highest BCUT2D eigenvalue weighted by Gasteiger charge is 2.20. The van der Waals surface area contributed by atoms with Gasteiger partial charge in [0.25, 0.3) is 5.56 Å². The van der Waals surface area contributed by atoms with Gasteiger partial charge < -0.3 is 15.2 Å². The number of nitrogens with one attached hydrogen (secondary N) is 2. The molecule has 1 aromatic rings. The third-order valence-electron chi connectivity index (χ3n) is 3.46. The Labute approximate surface area is 123 Å². The third kappa shape index (κ3) is 4.42. The lowest BCUT2D eigenvalue weighted by Gasteiger charge is -2.34. The van der Waals surface area contributed by atoms with E-state index < -0.39 is 0 Å². The molecule has 0 aromatic carbocycles. The van der Waals surface area contributed by atoms with Crippen LogP contribution in [-0.4, -0.2) is 60.0 Å². The Morgan fingerprint density at radius 3 is 2.86 bits per heavy atom. The number of anilines is 1. The Kier molecular flexibility index (Phi) is 5.51. The first-order valence-electron chi connectivity index (χ1n) is 7.09. The van der Waals surface area contributed by atoms with Crippen LogP contribution in [0.15, 0.2) is 29.8 Å². The molecule has 7 heteroatoms. The number of aromatic nitrogens is 2. The number of piperazine rings is 1. The zero-order chi connectivity index (χ0) is 15.1. The fourth-order valence-electron chi connectivity index (χ4n) is 2.29. The van der Waals surface area contributed by atoms with Crippen LogP contribution in [0.5, 0.6) is 0 Å². The van der Waals surface area contributed by atoms with Gasteiger partial charge >= 0.3 is 0 Å². The van der Waals surface area contributed by atoms with Gasteiger partial charge in [0.15, 0.2) is 5.82 Å². The fraction of sp³-hybridized carbons (Fsp3) is 0.500. The Morgan fingerprint density at radius 1 is 1.43 bits per heavy atom. The summed E-state index contributed by atoms with van der Waals surface area (Å²) in [5.41, 5.74) is -0.158. The summed E-state index contributed by atoms with van der Waals surface area (Å²) in [5.74, 6) is 0.513. The lowest BCUT2D eigenvalue weighted by molar-refractivity contribution is -0.121. The van der Waals surface area contributed by atoms with Crippen LogP contribution in [0.1, 0.15) is 6.42 Å². The van der Waals surface area contributed by atoms with E-state index in [-0.39, 0.29) is 11.5 Å². The molecule has 1 fully saturated rings. The van der Waals surface area contributed by atoms with Crippen LogP contribution in [0.2, 0.25) is 0 Å². The van der Waals surface area contributed by atoms with E-state index in [0.29, 0.717) is 18.8 Å². The second-order valence-corrected chi connectivity index (χ2v) is 4.91. The van der Waals surface area contributed by atoms with Crippen LogP contribution in [0.25, 0.3) is 0 Å². The summed E-state index contributed by atoms with van der Waals surface area (Å²) < 4.78 is 0. The van der Waals surface area contributed by atoms with Gasteiger partial charge in [0.2, 0.25) is 5.91 Å². The highest BCUT2D eigenvalue weighted by atomic mass is 16.1. The van der Waals surface area contributed by atoms with Gasteiger partial charge in [-0.05, 0) is 0 Å². The van der Waals surface area contributed by atoms with E-state index >= 15 is 0 Å². The molecule has 0 atom stereocenters. The molecule has 0 saturated carbocycles. The number of carbonyl (C=O) groups is 1. The van der Waals surface area contributed by atoms with E-state index in [1.807, 2.05) is 4.90 Å². The molecule has 0 spiro atoms. The van der Waals surface area contributed by atoms with E-state index in [9.17, 15) is 9.59 Å². The number of carbonyl (C=O) groups excluding carboxylic acids is 1. The van der Waals surface area contributed by atoms with E-state index in [1.54, 1.807) is 12.3 Å². The number of nitrogens with zero attached hydrogens (tertiary/aromatic N) is 3. The lowest BCUT2D eigenvalue weighted by Crippen LogP contribution is -2.48. The van der Waals surface area contributed by atoms with Crippen LogP contribution in [-0.2, 0) is 4.79 Å². The predicted molar refractivity (Wildman–Crippen MR) is 81.3 cm³/mol. The Hall–Kier alpha value is -2.15. The van der Waals surface area contributed by atoms with Crippen LogP contribution in [0.4, 0.5) is 5.82 Å². The molecule has 2 rings (SSSR count). The molecule has 2 heterocycles. The number of H-pyrrole nitrogens is 1. The van der Waals surface area contributed by atoms with Gasteiger partial charge in [-0.3, -0.25) is 14.5 Å². The molecule has 1 saturated heterocycles. The molecule has 1 aromatic heterocycles. The van der Waals surface area contributed by atoms with Gasteiger partial charge in [-0.15, -0.1) is 6.58 Å². The van der Waals surface area contributed by atoms with E-state index in [0.717, 1.165) is 32.7 Å². The molecular formula is C14H21N5O2. The van der Waals surface area contributed by atoms with Crippen molar-refractivity contribution in [2.75, 3.05) is 44.2 Å². The zero-order valence-corrected chi connectivity index (χ0v) is 12.0. The highest BCUT2D eigenvalue weighted by molar-refractivity contribution is 5.76. The van der Waals surface area contributed by atoms with Crippen molar-refractivity contribution < 1.29 is 4.79 Å². The summed E-state index contributed by atoms with van der Waals surface area (Å²) in [4.78, 5) is 34.2. The van der Waals surface area contributed by atoms with Crippen LogP contribution < -0.4 is 15.8 Å². The molecule has 7 nitrogen and oxygen atoms in total. The largest absolute Gasteiger partial charge is 0.353 e. The summed E-state index contributed by atoms with van der Waals surface area (Å²) in [6.07, 6.45) is 5.27. The maximum atomic E-state index is 11.7. The molecule has 1 aliphatic heterocycles. The van der Waals surface area contributed by atoms with Crippen molar-refractivity contribution in [2.45, 2.75) is 6.42 Å². The molecule has 2 N–H and O–H groups in total. The first-order valence-corrected chi connectivity index (χ1v) is 7.09. The van der Waals surface area contributed by atoms with Crippen molar-refractivity contribution in [1.29, 1.82) is 0 Å². The molecule has 0 radical (unpaired) electrons. The van der Waals surface area contributed by atoms with Crippen LogP contribution in [0, 0.1) is 0 Å². The maximum absolute atomic E-state index is 11.7. The lowest BCUT2D eigenvalue weighted by atomic mass is 10.3. The van der Waals surface area contributed by atoms with Crippen molar-refractivity contribution in [3.8, 4) is 0 Å². The maximum Gasteiger partial charge on any atom is 0.290 e. The first-order chi connectivity index (χ1) is 10.2. The molecule has 0 unspecified atom stereocenters. The highest BCUT2D eigenvalue weighted by Crippen LogP contribution is 2.08. The first kappa shape index (κ1) is 15.2. The average molecular weight is 291 g/mol. The number of aromatic amines is 1. The monoisotopic (exact) mass is 291 g/mol. The normalized spacial score (nSPS) is 15.7. The zero-order valence-electron chi connectivity index (χ0n) is 12.0. The topological polar surface area (TPSA) is 81.3 Å². The molecular weight excluding hydrogens is 270 g/mol. The van der Waals surface area contributed by atoms with Crippen molar-refractivity contribution in [3.05, 3.63) is 35.4 Å². The molecule has 1 aliphatic rings. The number of hydrogen-bond acceptors (Lipinski definition) is 5. The summed E-state index contributed by atoms with van der Waals surface area (Å²) >= 11 is 0. The standard InChI is InChI=1S/C14H21N5O2/c1-2-4-15-12(20)3-7-18-8-10-19(11-9-18)13-14(21)17-6-5-16-13/h2,5-6H,1,3-4,7-11H2,(H,15,20)(H,17,21). The van der Waals surface area contributed by atoms with Gasteiger partial charge in [0.1, 0.15) is 0 Å². The minimum absolute atomic E-state index is 0.0403. The quantitative estimate of drug-likeness (QED) is 0.696. The summed E-state index contributed by atoms with van der Waals surface area (Å²) in [6, 6.07) is 0. The molecule has 114 valence electrons. The van der Waals surface area contributed by atoms with E-state index in [1.165, 1.54) is 6.20 Å². The fourth-order valence-corrected chi connectivity index (χ4v) is 2.29. The molecule has 1 amide bonds. The van der Waals surface area contributed by atoms with Gasteiger partial charge in [-0.2, -0.15) is 0 Å². The molecule has 0 bridgehead atoms. The van der Waals surface area contributed by atoms with Gasteiger partial charge in [0.05, 0.1) is 0 Å². The van der Waals surface area contributed by atoms with E-state index in [4.69, 9.17) is 0 Å². The Morgan fingerprint density at radius 2 is 2.19 bits per heavy atom. The van der Waals surface area contributed by atoms with Gasteiger partial charge in [-0.1, -0.05) is 6.08 Å². The Balaban J connectivity index is 1.76. The van der Waals surface area contributed by atoms with Crippen LogP contribution in [0.3, 0.4) is 0 Å². The summed E-state index contributed by atoms with van der Waals surface area (Å²) in [7, 11) is 0. The van der Waals surface area contributed by atoms with Gasteiger partial charge in [-0.25, -0.2) is 4.98 Å². The SMILES string of the molecule is C=CCNC(=O)CCN1CCN(c2ncc[nH]c2=O)CC1. The minimum Gasteiger partial charge on any atom is -0.353 e.